The molecule has 1 atom stereocenters. The van der Waals surface area contributed by atoms with Gasteiger partial charge in [0.15, 0.2) is 5.75 Å². The summed E-state index contributed by atoms with van der Waals surface area (Å²) in [6.07, 6.45) is 4.89. The van der Waals surface area contributed by atoms with Gasteiger partial charge in [0.25, 0.3) is 0 Å². The Bertz CT molecular complexity index is 1120. The fraction of sp³-hybridized carbons (Fsp3) is 0.522. The van der Waals surface area contributed by atoms with Crippen LogP contribution in [0.2, 0.25) is 0 Å². The highest BCUT2D eigenvalue weighted by Crippen LogP contribution is 2.44. The zero-order valence-corrected chi connectivity index (χ0v) is 18.0. The first-order valence-electron chi connectivity index (χ1n) is 10.7. The van der Waals surface area contributed by atoms with Gasteiger partial charge in [-0.1, -0.05) is 6.92 Å². The molecule has 2 aromatic rings. The SMILES string of the molecule is COc1c(N2CCC(C)(CNCCC#N)C2)ccc2c(=O)c(C(=O)O)cn(C3CC3)c12. The number of ether oxygens (including phenoxy) is 1. The third-order valence-electron chi connectivity index (χ3n) is 6.37. The van der Waals surface area contributed by atoms with E-state index in [-0.39, 0.29) is 17.0 Å². The van der Waals surface area contributed by atoms with Crippen molar-refractivity contribution in [1.29, 1.82) is 5.26 Å². The van der Waals surface area contributed by atoms with Gasteiger partial charge in [0, 0.05) is 44.8 Å². The Labute approximate surface area is 181 Å². The molecule has 1 saturated heterocycles. The number of benzene rings is 1. The standard InChI is InChI=1S/C23H28N4O4/c1-23(13-25-10-3-9-24)8-11-26(14-23)18-7-6-16-19(21(18)31-2)27(15-4-5-15)12-17(20(16)28)22(29)30/h6-7,12,15,25H,3-5,8,10-11,13-14H2,1-2H3,(H,29,30). The Morgan fingerprint density at radius 3 is 2.84 bits per heavy atom. The number of carboxylic acid groups (broad SMARTS) is 1. The third kappa shape index (κ3) is 3.98. The first-order chi connectivity index (χ1) is 14.9. The van der Waals surface area contributed by atoms with Crippen molar-refractivity contribution in [2.45, 2.75) is 38.6 Å². The van der Waals surface area contributed by atoms with E-state index in [1.54, 1.807) is 13.2 Å². The molecule has 8 nitrogen and oxygen atoms in total. The number of rotatable bonds is 8. The van der Waals surface area contributed by atoms with Gasteiger partial charge in [0.1, 0.15) is 5.56 Å². The molecule has 0 bridgehead atoms. The normalized spacial score (nSPS) is 20.7. The van der Waals surface area contributed by atoms with Gasteiger partial charge in [-0.05, 0) is 36.8 Å². The molecular weight excluding hydrogens is 396 g/mol. The lowest BCUT2D eigenvalue weighted by Gasteiger charge is -2.27. The summed E-state index contributed by atoms with van der Waals surface area (Å²) >= 11 is 0. The molecule has 0 spiro atoms. The lowest BCUT2D eigenvalue weighted by Crippen LogP contribution is -2.35. The summed E-state index contributed by atoms with van der Waals surface area (Å²) in [7, 11) is 1.60. The molecule has 2 aliphatic rings. The quantitative estimate of drug-likeness (QED) is 0.628. The second-order valence-corrected chi connectivity index (χ2v) is 8.90. The van der Waals surface area contributed by atoms with E-state index in [1.807, 2.05) is 10.6 Å². The molecule has 1 unspecified atom stereocenters. The maximum Gasteiger partial charge on any atom is 0.341 e. The monoisotopic (exact) mass is 424 g/mol. The molecule has 1 aliphatic heterocycles. The highest BCUT2D eigenvalue weighted by molar-refractivity contribution is 5.97. The van der Waals surface area contributed by atoms with E-state index in [0.29, 0.717) is 29.6 Å². The van der Waals surface area contributed by atoms with Crippen molar-refractivity contribution in [3.8, 4) is 11.8 Å². The number of aromatic carboxylic acids is 1. The molecule has 4 rings (SSSR count). The van der Waals surface area contributed by atoms with Crippen LogP contribution in [0.5, 0.6) is 5.75 Å². The molecule has 2 heterocycles. The Kier molecular flexibility index (Phi) is 5.63. The number of hydrogen-bond donors (Lipinski definition) is 2. The van der Waals surface area contributed by atoms with Gasteiger partial charge in [0.05, 0.1) is 29.8 Å². The molecule has 1 aromatic heterocycles. The van der Waals surface area contributed by atoms with Gasteiger partial charge < -0.3 is 24.6 Å². The predicted molar refractivity (Wildman–Crippen MR) is 118 cm³/mol. The Balaban J connectivity index is 1.73. The van der Waals surface area contributed by atoms with E-state index in [4.69, 9.17) is 10.00 Å². The number of hydrogen-bond acceptors (Lipinski definition) is 6. The van der Waals surface area contributed by atoms with Crippen molar-refractivity contribution in [3.63, 3.8) is 0 Å². The number of nitrogens with one attached hydrogen (secondary N) is 1. The Hall–Kier alpha value is -3.05. The average molecular weight is 425 g/mol. The van der Waals surface area contributed by atoms with E-state index in [2.05, 4.69) is 23.2 Å². The number of nitriles is 1. The second-order valence-electron chi connectivity index (χ2n) is 8.90. The van der Waals surface area contributed by atoms with Gasteiger partial charge >= 0.3 is 5.97 Å². The van der Waals surface area contributed by atoms with Gasteiger partial charge in [0.2, 0.25) is 5.43 Å². The molecule has 2 fully saturated rings. The fourth-order valence-electron chi connectivity index (χ4n) is 4.56. The summed E-state index contributed by atoms with van der Waals surface area (Å²) in [5, 5.41) is 22.0. The van der Waals surface area contributed by atoms with Crippen LogP contribution in [-0.4, -0.2) is 48.9 Å². The number of fused-ring (bicyclic) bond motifs is 1. The second kappa shape index (κ2) is 8.23. The number of pyridine rings is 1. The van der Waals surface area contributed by atoms with Crippen LogP contribution in [-0.2, 0) is 0 Å². The minimum atomic E-state index is -1.21. The van der Waals surface area contributed by atoms with E-state index in [1.165, 1.54) is 6.20 Å². The smallest absolute Gasteiger partial charge is 0.341 e. The van der Waals surface area contributed by atoms with Crippen LogP contribution in [0.1, 0.15) is 49.0 Å². The number of anilines is 1. The minimum absolute atomic E-state index is 0.0682. The molecule has 8 heteroatoms. The van der Waals surface area contributed by atoms with Crippen LogP contribution < -0.4 is 20.4 Å². The maximum atomic E-state index is 12.8. The highest BCUT2D eigenvalue weighted by Gasteiger charge is 2.36. The summed E-state index contributed by atoms with van der Waals surface area (Å²) < 4.78 is 7.74. The minimum Gasteiger partial charge on any atom is -0.492 e. The van der Waals surface area contributed by atoms with Gasteiger partial charge in [-0.25, -0.2) is 4.79 Å². The van der Waals surface area contributed by atoms with E-state index < -0.39 is 11.4 Å². The molecule has 164 valence electrons. The van der Waals surface area contributed by atoms with Crippen LogP contribution in [0.3, 0.4) is 0 Å². The van der Waals surface area contributed by atoms with Gasteiger partial charge in [-0.15, -0.1) is 0 Å². The zero-order valence-electron chi connectivity index (χ0n) is 18.0. The van der Waals surface area contributed by atoms with E-state index in [9.17, 15) is 14.7 Å². The summed E-state index contributed by atoms with van der Waals surface area (Å²) in [5.74, 6) is -0.580. The van der Waals surface area contributed by atoms with Crippen molar-refractivity contribution in [2.75, 3.05) is 38.2 Å². The molecule has 2 N–H and O–H groups in total. The molecule has 31 heavy (non-hydrogen) atoms. The molecule has 0 amide bonds. The van der Waals surface area contributed by atoms with Crippen molar-refractivity contribution < 1.29 is 14.6 Å². The predicted octanol–water partition coefficient (Wildman–Crippen LogP) is 2.76. The van der Waals surface area contributed by atoms with Gasteiger partial charge in [-0.2, -0.15) is 5.26 Å². The Morgan fingerprint density at radius 1 is 1.42 bits per heavy atom. The van der Waals surface area contributed by atoms with E-state index >= 15 is 0 Å². The largest absolute Gasteiger partial charge is 0.492 e. The molecule has 1 saturated carbocycles. The zero-order chi connectivity index (χ0) is 22.2. The summed E-state index contributed by atoms with van der Waals surface area (Å²) in [4.78, 5) is 26.7. The lowest BCUT2D eigenvalue weighted by molar-refractivity contribution is 0.0695. The fourth-order valence-corrected chi connectivity index (χ4v) is 4.56. The summed E-state index contributed by atoms with van der Waals surface area (Å²) in [6, 6.07) is 5.96. The van der Waals surface area contributed by atoms with Crippen molar-refractivity contribution in [2.24, 2.45) is 5.41 Å². The van der Waals surface area contributed by atoms with Crippen LogP contribution in [0.4, 0.5) is 5.69 Å². The van der Waals surface area contributed by atoms with Crippen molar-refractivity contribution in [3.05, 3.63) is 34.1 Å². The maximum absolute atomic E-state index is 12.8. The molecule has 1 aromatic carbocycles. The number of methoxy groups -OCH3 is 1. The lowest BCUT2D eigenvalue weighted by atomic mass is 9.90. The third-order valence-corrected chi connectivity index (χ3v) is 6.37. The number of carboxylic acids is 1. The summed E-state index contributed by atoms with van der Waals surface area (Å²) in [5.41, 5.74) is 0.994. The molecular formula is C23H28N4O4. The van der Waals surface area contributed by atoms with Crippen LogP contribution in [0, 0.1) is 16.7 Å². The summed E-state index contributed by atoms with van der Waals surface area (Å²) in [6.45, 7) is 5.44. The first kappa shape index (κ1) is 21.2. The van der Waals surface area contributed by atoms with Crippen LogP contribution in [0.15, 0.2) is 23.1 Å². The number of nitrogens with zero attached hydrogens (tertiary/aromatic N) is 3. The average Bonchev–Trinajstić information content (AvgIpc) is 3.52. The van der Waals surface area contributed by atoms with Crippen LogP contribution in [0.25, 0.3) is 10.9 Å². The van der Waals surface area contributed by atoms with Crippen molar-refractivity contribution in [1.82, 2.24) is 9.88 Å². The first-order valence-corrected chi connectivity index (χ1v) is 10.7. The van der Waals surface area contributed by atoms with Crippen molar-refractivity contribution >= 4 is 22.6 Å². The molecule has 1 aliphatic carbocycles. The topological polar surface area (TPSA) is 108 Å². The Morgan fingerprint density at radius 2 is 2.19 bits per heavy atom. The van der Waals surface area contributed by atoms with Crippen LogP contribution >= 0.6 is 0 Å². The van der Waals surface area contributed by atoms with E-state index in [0.717, 1.165) is 44.6 Å². The number of carbonyl (C=O) groups is 1. The highest BCUT2D eigenvalue weighted by atomic mass is 16.5. The molecule has 0 radical (unpaired) electrons. The number of aromatic nitrogens is 1. The van der Waals surface area contributed by atoms with Gasteiger partial charge in [-0.3, -0.25) is 4.79 Å².